The second-order valence-electron chi connectivity index (χ2n) is 7.37. The number of benzene rings is 2. The van der Waals surface area contributed by atoms with Gasteiger partial charge in [-0.2, -0.15) is 0 Å². The molecule has 5 heteroatoms. The van der Waals surface area contributed by atoms with Crippen LogP contribution in [0.2, 0.25) is 0 Å². The maximum Gasteiger partial charge on any atom is 0.255 e. The number of nitrogens with two attached hydrogens (primary N) is 1. The largest absolute Gasteiger partial charge is 0.397 e. The van der Waals surface area contributed by atoms with Crippen molar-refractivity contribution in [3.05, 3.63) is 77.4 Å². The van der Waals surface area contributed by atoms with Gasteiger partial charge in [-0.15, -0.1) is 11.8 Å². The molecule has 4 rings (SSSR count). The second kappa shape index (κ2) is 8.25. The minimum atomic E-state index is -0.141. The second-order valence-corrected chi connectivity index (χ2v) is 8.51. The van der Waals surface area contributed by atoms with Crippen LogP contribution >= 0.6 is 11.8 Å². The highest BCUT2D eigenvalue weighted by molar-refractivity contribution is 8.08. The van der Waals surface area contributed by atoms with Gasteiger partial charge in [0.2, 0.25) is 0 Å². The fourth-order valence-corrected chi connectivity index (χ4v) is 4.56. The number of hydrogen-bond donors (Lipinski definition) is 2. The van der Waals surface area contributed by atoms with Crippen molar-refractivity contribution in [2.75, 3.05) is 29.9 Å². The van der Waals surface area contributed by atoms with Gasteiger partial charge in [0.15, 0.2) is 0 Å². The molecule has 3 N–H and O–H groups in total. The van der Waals surface area contributed by atoms with E-state index in [2.05, 4.69) is 22.9 Å². The van der Waals surface area contributed by atoms with Crippen molar-refractivity contribution in [1.82, 2.24) is 4.90 Å². The van der Waals surface area contributed by atoms with Crippen molar-refractivity contribution in [3.8, 4) is 0 Å². The molecule has 0 bridgehead atoms. The summed E-state index contributed by atoms with van der Waals surface area (Å²) in [5.41, 5.74) is 11.6. The van der Waals surface area contributed by atoms with Crippen molar-refractivity contribution in [1.29, 1.82) is 0 Å². The third-order valence-corrected chi connectivity index (χ3v) is 6.30. The fraction of sp³-hybridized carbons (Fsp3) is 0.261. The number of likely N-dealkylation sites (tertiary alicyclic amines) is 1. The summed E-state index contributed by atoms with van der Waals surface area (Å²) in [6.45, 7) is 6.97. The molecule has 0 unspecified atom stereocenters. The fourth-order valence-electron chi connectivity index (χ4n) is 3.58. The maximum absolute atomic E-state index is 12.7. The molecule has 2 aliphatic rings. The Bertz CT molecular complexity index is 933. The van der Waals surface area contributed by atoms with Crippen LogP contribution in [0.5, 0.6) is 0 Å². The normalized spacial score (nSPS) is 17.0. The van der Waals surface area contributed by atoms with E-state index >= 15 is 0 Å². The minimum Gasteiger partial charge on any atom is -0.397 e. The van der Waals surface area contributed by atoms with E-state index in [-0.39, 0.29) is 5.91 Å². The lowest BCUT2D eigenvalue weighted by Crippen LogP contribution is -2.19. The summed E-state index contributed by atoms with van der Waals surface area (Å²) in [5, 5.41) is 2.97. The summed E-state index contributed by atoms with van der Waals surface area (Å²) in [6.07, 6.45) is 4.40. The summed E-state index contributed by atoms with van der Waals surface area (Å²) in [5.74, 6) is 0.970. The third-order valence-electron chi connectivity index (χ3n) is 5.14. The van der Waals surface area contributed by atoms with Gasteiger partial charge in [-0.1, -0.05) is 36.4 Å². The average molecular weight is 392 g/mol. The van der Waals surface area contributed by atoms with E-state index < -0.39 is 0 Å². The molecule has 0 aliphatic carbocycles. The van der Waals surface area contributed by atoms with Crippen molar-refractivity contribution in [2.24, 2.45) is 0 Å². The van der Waals surface area contributed by atoms with Crippen molar-refractivity contribution < 1.29 is 4.79 Å². The Morgan fingerprint density at radius 3 is 2.71 bits per heavy atom. The molecule has 1 saturated heterocycles. The van der Waals surface area contributed by atoms with Crippen LogP contribution in [0.25, 0.3) is 4.91 Å². The first-order valence-electron chi connectivity index (χ1n) is 9.60. The molecule has 0 atom stereocenters. The van der Waals surface area contributed by atoms with E-state index in [9.17, 15) is 4.79 Å². The lowest BCUT2D eigenvalue weighted by Gasteiger charge is -2.15. The molecule has 28 heavy (non-hydrogen) atoms. The Kier molecular flexibility index (Phi) is 5.55. The number of carbonyl (C=O) groups is 1. The zero-order chi connectivity index (χ0) is 19.5. The summed E-state index contributed by atoms with van der Waals surface area (Å²) in [6, 6.07) is 13.6. The Balaban J connectivity index is 1.43. The smallest absolute Gasteiger partial charge is 0.255 e. The Labute approximate surface area is 170 Å². The van der Waals surface area contributed by atoms with Crippen LogP contribution in [0.1, 0.15) is 34.3 Å². The number of amides is 1. The van der Waals surface area contributed by atoms with Crippen LogP contribution in [0.15, 0.2) is 60.7 Å². The van der Waals surface area contributed by atoms with Gasteiger partial charge in [-0.3, -0.25) is 9.69 Å². The lowest BCUT2D eigenvalue weighted by atomic mass is 10.1. The number of nitrogens with one attached hydrogen (secondary N) is 1. The number of rotatable bonds is 5. The number of nitrogens with zero attached hydrogens (tertiary/aromatic N) is 1. The highest BCUT2D eigenvalue weighted by atomic mass is 32.2. The number of thioether (sulfide) groups is 1. The molecule has 4 nitrogen and oxygen atoms in total. The molecule has 1 fully saturated rings. The lowest BCUT2D eigenvalue weighted by molar-refractivity contribution is 0.102. The van der Waals surface area contributed by atoms with Gasteiger partial charge in [-0.05, 0) is 48.2 Å². The SMILES string of the molecule is C=C1CCN(Cc2ccc(C(=O)Nc3cc(C4=CCCS4)ccc3N)cc2)C1. The molecule has 0 saturated carbocycles. The van der Waals surface area contributed by atoms with E-state index in [0.29, 0.717) is 16.9 Å². The van der Waals surface area contributed by atoms with Crippen molar-refractivity contribution >= 4 is 33.9 Å². The van der Waals surface area contributed by atoms with Gasteiger partial charge in [-0.25, -0.2) is 0 Å². The quantitative estimate of drug-likeness (QED) is 0.570. The summed E-state index contributed by atoms with van der Waals surface area (Å²) < 4.78 is 0. The van der Waals surface area contributed by atoms with E-state index in [4.69, 9.17) is 5.73 Å². The van der Waals surface area contributed by atoms with Gasteiger partial charge in [0.25, 0.3) is 5.91 Å². The maximum atomic E-state index is 12.7. The average Bonchev–Trinajstić information content (AvgIpc) is 3.36. The number of carbonyl (C=O) groups excluding carboxylic acids is 1. The van der Waals surface area contributed by atoms with Crippen LogP contribution in [-0.4, -0.2) is 29.6 Å². The summed E-state index contributed by atoms with van der Waals surface area (Å²) in [7, 11) is 0. The standard InChI is InChI=1S/C23H25N3OS/c1-16-10-11-26(14-16)15-17-4-6-18(7-5-17)23(27)25-21-13-19(8-9-20(21)24)22-3-2-12-28-22/h3-9,13H,1-2,10-12,14-15,24H2,(H,25,27). The van der Waals surface area contributed by atoms with Gasteiger partial charge in [0.05, 0.1) is 11.4 Å². The first kappa shape index (κ1) is 18.8. The molecule has 0 aromatic heterocycles. The summed E-state index contributed by atoms with van der Waals surface area (Å²) >= 11 is 1.84. The number of allylic oxidation sites excluding steroid dienone is 1. The van der Waals surface area contributed by atoms with Crippen molar-refractivity contribution in [3.63, 3.8) is 0 Å². The molecule has 2 aliphatic heterocycles. The minimum absolute atomic E-state index is 0.141. The Morgan fingerprint density at radius 1 is 1.21 bits per heavy atom. The molecule has 0 radical (unpaired) electrons. The first-order chi connectivity index (χ1) is 13.6. The van der Waals surface area contributed by atoms with E-state index in [0.717, 1.165) is 43.8 Å². The molecule has 2 aromatic rings. The highest BCUT2D eigenvalue weighted by Gasteiger charge is 2.16. The van der Waals surface area contributed by atoms with Crippen LogP contribution < -0.4 is 11.1 Å². The molecular formula is C23H25N3OS. The molecule has 2 heterocycles. The number of hydrogen-bond acceptors (Lipinski definition) is 4. The van der Waals surface area contributed by atoms with E-state index in [1.807, 2.05) is 54.2 Å². The topological polar surface area (TPSA) is 58.4 Å². The zero-order valence-corrected chi connectivity index (χ0v) is 16.7. The van der Waals surface area contributed by atoms with Gasteiger partial charge < -0.3 is 11.1 Å². The van der Waals surface area contributed by atoms with Gasteiger partial charge in [0.1, 0.15) is 0 Å². The molecule has 0 spiro atoms. The summed E-state index contributed by atoms with van der Waals surface area (Å²) in [4.78, 5) is 16.3. The van der Waals surface area contributed by atoms with Crippen LogP contribution in [-0.2, 0) is 6.54 Å². The highest BCUT2D eigenvalue weighted by Crippen LogP contribution is 2.36. The predicted molar refractivity (Wildman–Crippen MR) is 119 cm³/mol. The number of anilines is 2. The van der Waals surface area contributed by atoms with Gasteiger partial charge in [0, 0.05) is 35.9 Å². The van der Waals surface area contributed by atoms with Crippen LogP contribution in [0.4, 0.5) is 11.4 Å². The van der Waals surface area contributed by atoms with Gasteiger partial charge >= 0.3 is 0 Å². The number of nitrogen functional groups attached to an aromatic ring is 1. The molecule has 2 aromatic carbocycles. The third kappa shape index (κ3) is 4.32. The Morgan fingerprint density at radius 2 is 2.04 bits per heavy atom. The monoisotopic (exact) mass is 391 g/mol. The zero-order valence-electron chi connectivity index (χ0n) is 15.9. The predicted octanol–water partition coefficient (Wildman–Crippen LogP) is 4.76. The van der Waals surface area contributed by atoms with Crippen molar-refractivity contribution in [2.45, 2.75) is 19.4 Å². The molecule has 144 valence electrons. The molecular weight excluding hydrogens is 366 g/mol. The molecule has 1 amide bonds. The Hall–Kier alpha value is -2.50. The van der Waals surface area contributed by atoms with Crippen LogP contribution in [0.3, 0.4) is 0 Å². The van der Waals surface area contributed by atoms with Crippen LogP contribution in [0, 0.1) is 0 Å². The first-order valence-corrected chi connectivity index (χ1v) is 10.6. The van der Waals surface area contributed by atoms with E-state index in [1.165, 1.54) is 16.0 Å². The van der Waals surface area contributed by atoms with E-state index in [1.54, 1.807) is 0 Å².